The summed E-state index contributed by atoms with van der Waals surface area (Å²) >= 11 is 0. The van der Waals surface area contributed by atoms with Crippen molar-refractivity contribution in [1.82, 2.24) is 4.90 Å². The average Bonchev–Trinajstić information content (AvgIpc) is 2.43. The van der Waals surface area contributed by atoms with E-state index in [1.54, 1.807) is 6.92 Å². The summed E-state index contributed by atoms with van der Waals surface area (Å²) in [7, 11) is 0. The van der Waals surface area contributed by atoms with Crippen LogP contribution in [0.2, 0.25) is 0 Å². The molecule has 0 saturated carbocycles. The maximum Gasteiger partial charge on any atom is 0.307 e. The molecule has 0 aromatic heterocycles. The van der Waals surface area contributed by atoms with E-state index >= 15 is 0 Å². The van der Waals surface area contributed by atoms with Gasteiger partial charge < -0.3 is 5.11 Å². The van der Waals surface area contributed by atoms with Gasteiger partial charge in [0.05, 0.1) is 5.92 Å². The Hall–Kier alpha value is -1.35. The normalized spacial score (nSPS) is 14.5. The molecule has 0 heterocycles. The Morgan fingerprint density at radius 1 is 1.15 bits per heavy atom. The van der Waals surface area contributed by atoms with Gasteiger partial charge in [-0.05, 0) is 31.4 Å². The number of carbonyl (C=O) groups is 1. The standard InChI is InChI=1S/C17H27NO2/c1-13(2)10-11-18(12-14(3)17(19)20)15(4)16-8-6-5-7-9-16/h5-9,13-15H,10-12H2,1-4H3,(H,19,20). The fraction of sp³-hybridized carbons (Fsp3) is 0.588. The van der Waals surface area contributed by atoms with Crippen LogP contribution in [-0.2, 0) is 4.79 Å². The Morgan fingerprint density at radius 2 is 1.75 bits per heavy atom. The number of carboxylic acid groups (broad SMARTS) is 1. The zero-order chi connectivity index (χ0) is 15.1. The Balaban J connectivity index is 2.77. The minimum absolute atomic E-state index is 0.247. The van der Waals surface area contributed by atoms with Crippen molar-refractivity contribution in [1.29, 1.82) is 0 Å². The first-order valence-corrected chi connectivity index (χ1v) is 7.43. The van der Waals surface area contributed by atoms with Gasteiger partial charge in [-0.25, -0.2) is 0 Å². The van der Waals surface area contributed by atoms with Crippen molar-refractivity contribution < 1.29 is 9.90 Å². The van der Waals surface area contributed by atoms with E-state index in [2.05, 4.69) is 37.8 Å². The molecule has 0 amide bonds. The molecule has 3 nitrogen and oxygen atoms in total. The zero-order valence-corrected chi connectivity index (χ0v) is 13.0. The summed E-state index contributed by atoms with van der Waals surface area (Å²) in [5.41, 5.74) is 1.24. The van der Waals surface area contributed by atoms with Crippen molar-refractivity contribution in [3.8, 4) is 0 Å². The molecule has 0 aliphatic carbocycles. The first kappa shape index (κ1) is 16.7. The highest BCUT2D eigenvalue weighted by Crippen LogP contribution is 2.22. The highest BCUT2D eigenvalue weighted by atomic mass is 16.4. The predicted octanol–water partition coefficient (Wildman–Crippen LogP) is 3.82. The van der Waals surface area contributed by atoms with Crippen LogP contribution in [0.5, 0.6) is 0 Å². The van der Waals surface area contributed by atoms with Gasteiger partial charge in [-0.3, -0.25) is 9.69 Å². The lowest BCUT2D eigenvalue weighted by molar-refractivity contribution is -0.141. The monoisotopic (exact) mass is 277 g/mol. The fourth-order valence-electron chi connectivity index (χ4n) is 2.24. The molecule has 1 aromatic carbocycles. The largest absolute Gasteiger partial charge is 0.481 e. The summed E-state index contributed by atoms with van der Waals surface area (Å²) < 4.78 is 0. The molecule has 20 heavy (non-hydrogen) atoms. The molecular formula is C17H27NO2. The Morgan fingerprint density at radius 3 is 2.25 bits per heavy atom. The lowest BCUT2D eigenvalue weighted by Crippen LogP contribution is -2.35. The van der Waals surface area contributed by atoms with E-state index in [9.17, 15) is 4.79 Å². The van der Waals surface area contributed by atoms with E-state index in [0.29, 0.717) is 12.5 Å². The Bertz CT molecular complexity index is 403. The topological polar surface area (TPSA) is 40.5 Å². The number of hydrogen-bond donors (Lipinski definition) is 1. The summed E-state index contributed by atoms with van der Waals surface area (Å²) in [5.74, 6) is -0.436. The predicted molar refractivity (Wildman–Crippen MR) is 82.7 cm³/mol. The summed E-state index contributed by atoms with van der Waals surface area (Å²) in [6.07, 6.45) is 1.09. The molecule has 0 saturated heterocycles. The molecule has 0 fully saturated rings. The zero-order valence-electron chi connectivity index (χ0n) is 13.0. The molecule has 0 bridgehead atoms. The van der Waals surface area contributed by atoms with Gasteiger partial charge >= 0.3 is 5.97 Å². The smallest absolute Gasteiger partial charge is 0.307 e. The van der Waals surface area contributed by atoms with Crippen LogP contribution in [0.25, 0.3) is 0 Å². The number of rotatable bonds is 8. The second-order valence-corrected chi connectivity index (χ2v) is 6.00. The van der Waals surface area contributed by atoms with E-state index in [0.717, 1.165) is 13.0 Å². The minimum atomic E-state index is -0.722. The van der Waals surface area contributed by atoms with Gasteiger partial charge in [-0.2, -0.15) is 0 Å². The Kier molecular flexibility index (Phi) is 6.73. The lowest BCUT2D eigenvalue weighted by Gasteiger charge is -2.31. The van der Waals surface area contributed by atoms with Crippen molar-refractivity contribution in [3.05, 3.63) is 35.9 Å². The van der Waals surface area contributed by atoms with Crippen molar-refractivity contribution in [2.45, 2.75) is 40.2 Å². The van der Waals surface area contributed by atoms with E-state index in [-0.39, 0.29) is 12.0 Å². The van der Waals surface area contributed by atoms with Crippen LogP contribution in [0.3, 0.4) is 0 Å². The lowest BCUT2D eigenvalue weighted by atomic mass is 10.0. The van der Waals surface area contributed by atoms with Crippen molar-refractivity contribution in [2.24, 2.45) is 11.8 Å². The highest BCUT2D eigenvalue weighted by Gasteiger charge is 2.21. The van der Waals surface area contributed by atoms with Crippen LogP contribution < -0.4 is 0 Å². The molecule has 0 aliphatic rings. The number of benzene rings is 1. The SMILES string of the molecule is CC(C)CCN(CC(C)C(=O)O)C(C)c1ccccc1. The van der Waals surface area contributed by atoms with E-state index in [1.165, 1.54) is 5.56 Å². The van der Waals surface area contributed by atoms with Crippen molar-refractivity contribution >= 4 is 5.97 Å². The molecule has 2 unspecified atom stereocenters. The summed E-state index contributed by atoms with van der Waals surface area (Å²) in [4.78, 5) is 13.4. The van der Waals surface area contributed by atoms with E-state index in [1.807, 2.05) is 18.2 Å². The fourth-order valence-corrected chi connectivity index (χ4v) is 2.24. The van der Waals surface area contributed by atoms with Crippen molar-refractivity contribution in [3.63, 3.8) is 0 Å². The van der Waals surface area contributed by atoms with Gasteiger partial charge in [0, 0.05) is 12.6 Å². The van der Waals surface area contributed by atoms with Crippen LogP contribution in [-0.4, -0.2) is 29.1 Å². The summed E-state index contributed by atoms with van der Waals surface area (Å²) in [6, 6.07) is 10.5. The quantitative estimate of drug-likeness (QED) is 0.785. The first-order valence-electron chi connectivity index (χ1n) is 7.43. The average molecular weight is 277 g/mol. The third-order valence-electron chi connectivity index (χ3n) is 3.75. The van der Waals surface area contributed by atoms with Gasteiger partial charge in [0.15, 0.2) is 0 Å². The third-order valence-corrected chi connectivity index (χ3v) is 3.75. The summed E-state index contributed by atoms with van der Waals surface area (Å²) in [6.45, 7) is 9.87. The van der Waals surface area contributed by atoms with Gasteiger partial charge in [0.1, 0.15) is 0 Å². The maximum atomic E-state index is 11.1. The second-order valence-electron chi connectivity index (χ2n) is 6.00. The van der Waals surface area contributed by atoms with Crippen LogP contribution in [0.4, 0.5) is 0 Å². The van der Waals surface area contributed by atoms with Crippen molar-refractivity contribution in [2.75, 3.05) is 13.1 Å². The van der Waals surface area contributed by atoms with Crippen LogP contribution in [0, 0.1) is 11.8 Å². The van der Waals surface area contributed by atoms with E-state index < -0.39 is 5.97 Å². The molecule has 0 spiro atoms. The molecule has 0 aliphatic heterocycles. The first-order chi connectivity index (χ1) is 9.41. The van der Waals surface area contributed by atoms with Crippen LogP contribution in [0.15, 0.2) is 30.3 Å². The van der Waals surface area contributed by atoms with Gasteiger partial charge in [-0.15, -0.1) is 0 Å². The minimum Gasteiger partial charge on any atom is -0.481 e. The highest BCUT2D eigenvalue weighted by molar-refractivity contribution is 5.69. The van der Waals surface area contributed by atoms with Gasteiger partial charge in [0.25, 0.3) is 0 Å². The van der Waals surface area contributed by atoms with Gasteiger partial charge in [0.2, 0.25) is 0 Å². The number of hydrogen-bond acceptors (Lipinski definition) is 2. The molecule has 1 aromatic rings. The number of carboxylic acids is 1. The third kappa shape index (κ3) is 5.33. The molecule has 0 radical (unpaired) electrons. The van der Waals surface area contributed by atoms with E-state index in [4.69, 9.17) is 5.11 Å². The van der Waals surface area contributed by atoms with Gasteiger partial charge in [-0.1, -0.05) is 51.1 Å². The second kappa shape index (κ2) is 8.05. The number of nitrogens with zero attached hydrogens (tertiary/aromatic N) is 1. The Labute approximate surface area is 122 Å². The van der Waals surface area contributed by atoms with Crippen LogP contribution in [0.1, 0.15) is 45.7 Å². The summed E-state index contributed by atoms with van der Waals surface area (Å²) in [5, 5.41) is 9.13. The molecule has 112 valence electrons. The van der Waals surface area contributed by atoms with Crippen LogP contribution >= 0.6 is 0 Å². The molecule has 1 N–H and O–H groups in total. The number of aliphatic carboxylic acids is 1. The molecular weight excluding hydrogens is 250 g/mol. The maximum absolute atomic E-state index is 11.1. The molecule has 3 heteroatoms. The molecule has 2 atom stereocenters. The molecule has 1 rings (SSSR count).